The van der Waals surface area contributed by atoms with Gasteiger partial charge in [0.15, 0.2) is 4.34 Å². The van der Waals surface area contributed by atoms with Gasteiger partial charge in [-0.2, -0.15) is 0 Å². The lowest BCUT2D eigenvalue weighted by atomic mass is 10.3. The summed E-state index contributed by atoms with van der Waals surface area (Å²) in [6.45, 7) is 2.28. The number of anilines is 1. The molecule has 3 heterocycles. The van der Waals surface area contributed by atoms with Crippen molar-refractivity contribution in [2.24, 2.45) is 0 Å². The number of thioether (sulfide) groups is 1. The van der Waals surface area contributed by atoms with Crippen LogP contribution in [0.1, 0.15) is 13.3 Å². The van der Waals surface area contributed by atoms with E-state index < -0.39 is 0 Å². The zero-order valence-electron chi connectivity index (χ0n) is 14.2. The molecule has 0 spiro atoms. The van der Waals surface area contributed by atoms with Gasteiger partial charge in [-0.25, -0.2) is 4.98 Å². The largest absolute Gasteiger partial charge is 0.465 e. The lowest BCUT2D eigenvalue weighted by Gasteiger charge is -2.04. The Hall–Kier alpha value is -2.31. The van der Waals surface area contributed by atoms with Crippen LogP contribution in [0.25, 0.3) is 10.2 Å². The molecule has 0 fully saturated rings. The average molecular weight is 426 g/mol. The Bertz CT molecular complexity index is 1010. The maximum absolute atomic E-state index is 12.3. The van der Waals surface area contributed by atoms with Crippen LogP contribution in [-0.2, 0) is 20.9 Å². The van der Waals surface area contributed by atoms with E-state index in [-0.39, 0.29) is 36.2 Å². The fraction of sp³-hybridized carbons (Fsp3) is 0.333. The summed E-state index contributed by atoms with van der Waals surface area (Å²) in [5.74, 6) is -0.479. The van der Waals surface area contributed by atoms with Crippen molar-refractivity contribution in [3.05, 3.63) is 28.1 Å². The molecule has 3 aromatic heterocycles. The summed E-state index contributed by atoms with van der Waals surface area (Å²) < 4.78 is 6.80. The number of esters is 1. The first kappa shape index (κ1) is 19.5. The molecule has 9 nitrogen and oxygen atoms in total. The van der Waals surface area contributed by atoms with Crippen molar-refractivity contribution in [3.8, 4) is 0 Å². The van der Waals surface area contributed by atoms with Crippen LogP contribution in [-0.4, -0.2) is 44.0 Å². The van der Waals surface area contributed by atoms with Crippen LogP contribution in [0.4, 0.5) is 5.13 Å². The molecule has 1 amide bonds. The van der Waals surface area contributed by atoms with E-state index in [1.807, 2.05) is 5.38 Å². The Morgan fingerprint density at radius 2 is 2.22 bits per heavy atom. The number of aromatic nitrogens is 4. The average Bonchev–Trinajstić information content (AvgIpc) is 3.29. The second-order valence-electron chi connectivity index (χ2n) is 5.15. The third-order valence-electron chi connectivity index (χ3n) is 3.30. The predicted octanol–water partition coefficient (Wildman–Crippen LogP) is 1.99. The molecule has 0 aliphatic rings. The van der Waals surface area contributed by atoms with Gasteiger partial charge in [0, 0.05) is 13.0 Å². The standard InChI is InChI=1S/C15H15N5O4S3/c1-2-24-11(22)7-26-15-19-18-14(27-15)17-10(21)3-5-20-8-16-12-9(13(20)23)4-6-25-12/h4,6,8H,2-3,5,7H2,1H3,(H,17,18,21). The second-order valence-corrected chi connectivity index (χ2v) is 8.24. The molecule has 1 N–H and O–H groups in total. The number of nitrogens with one attached hydrogen (secondary N) is 1. The van der Waals surface area contributed by atoms with Gasteiger partial charge < -0.3 is 10.1 Å². The maximum Gasteiger partial charge on any atom is 0.316 e. The van der Waals surface area contributed by atoms with Gasteiger partial charge in [-0.15, -0.1) is 21.5 Å². The monoisotopic (exact) mass is 425 g/mol. The van der Waals surface area contributed by atoms with Crippen molar-refractivity contribution in [1.29, 1.82) is 0 Å². The third-order valence-corrected chi connectivity index (χ3v) is 6.07. The fourth-order valence-corrected chi connectivity index (χ4v) is 4.39. The fourth-order valence-electron chi connectivity index (χ4n) is 2.10. The normalized spacial score (nSPS) is 10.9. The third kappa shape index (κ3) is 5.11. The number of hydrogen-bond acceptors (Lipinski definition) is 10. The van der Waals surface area contributed by atoms with Crippen LogP contribution in [0.5, 0.6) is 0 Å². The van der Waals surface area contributed by atoms with Crippen LogP contribution in [0.15, 0.2) is 26.9 Å². The predicted molar refractivity (Wildman–Crippen MR) is 104 cm³/mol. The van der Waals surface area contributed by atoms with Gasteiger partial charge in [-0.05, 0) is 18.4 Å². The van der Waals surface area contributed by atoms with Crippen molar-refractivity contribution in [1.82, 2.24) is 19.7 Å². The molecule has 3 rings (SSSR count). The van der Waals surface area contributed by atoms with Crippen molar-refractivity contribution in [3.63, 3.8) is 0 Å². The van der Waals surface area contributed by atoms with Crippen LogP contribution in [0, 0.1) is 0 Å². The van der Waals surface area contributed by atoms with Gasteiger partial charge >= 0.3 is 5.97 Å². The zero-order valence-corrected chi connectivity index (χ0v) is 16.7. The van der Waals surface area contributed by atoms with Crippen molar-refractivity contribution < 1.29 is 14.3 Å². The highest BCUT2D eigenvalue weighted by Gasteiger charge is 2.12. The van der Waals surface area contributed by atoms with Gasteiger partial charge in [-0.1, -0.05) is 23.1 Å². The van der Waals surface area contributed by atoms with Gasteiger partial charge in [0.25, 0.3) is 5.56 Å². The van der Waals surface area contributed by atoms with Crippen LogP contribution in [0.3, 0.4) is 0 Å². The van der Waals surface area contributed by atoms with Crippen molar-refractivity contribution in [2.75, 3.05) is 17.7 Å². The lowest BCUT2D eigenvalue weighted by Crippen LogP contribution is -2.23. The molecule has 0 unspecified atom stereocenters. The van der Waals surface area contributed by atoms with Crippen LogP contribution in [0.2, 0.25) is 0 Å². The number of aryl methyl sites for hydroxylation is 1. The number of carbonyl (C=O) groups excluding carboxylic acids is 2. The highest BCUT2D eigenvalue weighted by molar-refractivity contribution is 8.01. The second kappa shape index (κ2) is 9.06. The number of fused-ring (bicyclic) bond motifs is 1. The quantitative estimate of drug-likeness (QED) is 0.331. The number of carbonyl (C=O) groups is 2. The molecule has 0 aliphatic heterocycles. The minimum atomic E-state index is -0.329. The Kier molecular flexibility index (Phi) is 6.53. The number of amides is 1. The number of ether oxygens (including phenoxy) is 1. The first-order valence-electron chi connectivity index (χ1n) is 7.91. The molecule has 0 saturated carbocycles. The van der Waals surface area contributed by atoms with E-state index in [4.69, 9.17) is 4.74 Å². The van der Waals surface area contributed by atoms with E-state index in [1.165, 1.54) is 45.3 Å². The SMILES string of the molecule is CCOC(=O)CSc1nnc(NC(=O)CCn2cnc3sccc3c2=O)s1. The van der Waals surface area contributed by atoms with Crippen LogP contribution >= 0.6 is 34.4 Å². The summed E-state index contributed by atoms with van der Waals surface area (Å²) in [4.78, 5) is 40.6. The summed E-state index contributed by atoms with van der Waals surface area (Å²) in [5.41, 5.74) is -0.164. The topological polar surface area (TPSA) is 116 Å². The smallest absolute Gasteiger partial charge is 0.316 e. The molecule has 0 radical (unpaired) electrons. The lowest BCUT2D eigenvalue weighted by molar-refractivity contribution is -0.139. The van der Waals surface area contributed by atoms with E-state index in [9.17, 15) is 14.4 Å². The molecule has 0 atom stereocenters. The summed E-state index contributed by atoms with van der Waals surface area (Å²) in [7, 11) is 0. The first-order valence-corrected chi connectivity index (χ1v) is 10.6. The number of thiophene rings is 1. The number of hydrogen-bond donors (Lipinski definition) is 1. The molecular weight excluding hydrogens is 410 g/mol. The van der Waals surface area contributed by atoms with E-state index in [1.54, 1.807) is 13.0 Å². The molecule has 12 heteroatoms. The summed E-state index contributed by atoms with van der Waals surface area (Å²) in [5, 5.41) is 13.1. The highest BCUT2D eigenvalue weighted by Crippen LogP contribution is 2.25. The molecule has 0 aromatic carbocycles. The first-order chi connectivity index (χ1) is 13.1. The Balaban J connectivity index is 1.51. The van der Waals surface area contributed by atoms with E-state index in [2.05, 4.69) is 20.5 Å². The highest BCUT2D eigenvalue weighted by atomic mass is 32.2. The molecular formula is C15H15N5O4S3. The molecule has 0 saturated heterocycles. The molecule has 3 aromatic rings. The molecule has 27 heavy (non-hydrogen) atoms. The Morgan fingerprint density at radius 1 is 1.37 bits per heavy atom. The van der Waals surface area contributed by atoms with Gasteiger partial charge in [-0.3, -0.25) is 19.0 Å². The molecule has 0 aliphatic carbocycles. The minimum Gasteiger partial charge on any atom is -0.465 e. The van der Waals surface area contributed by atoms with Crippen LogP contribution < -0.4 is 10.9 Å². The summed E-state index contributed by atoms with van der Waals surface area (Å²) >= 11 is 3.77. The zero-order chi connectivity index (χ0) is 19.2. The Labute approximate surface area is 165 Å². The van der Waals surface area contributed by atoms with Gasteiger partial charge in [0.1, 0.15) is 4.83 Å². The molecule has 142 valence electrons. The number of nitrogens with zero attached hydrogens (tertiary/aromatic N) is 4. The maximum atomic E-state index is 12.3. The van der Waals surface area contributed by atoms with Crippen molar-refractivity contribution >= 4 is 61.7 Å². The summed E-state index contributed by atoms with van der Waals surface area (Å²) in [6, 6.07) is 1.72. The van der Waals surface area contributed by atoms with Gasteiger partial charge in [0.05, 0.1) is 24.1 Å². The van der Waals surface area contributed by atoms with Gasteiger partial charge in [0.2, 0.25) is 11.0 Å². The Morgan fingerprint density at radius 3 is 3.04 bits per heavy atom. The van der Waals surface area contributed by atoms with Crippen molar-refractivity contribution in [2.45, 2.75) is 24.2 Å². The van der Waals surface area contributed by atoms with E-state index in [0.717, 1.165) is 0 Å². The minimum absolute atomic E-state index is 0.0993. The van der Waals surface area contributed by atoms with E-state index in [0.29, 0.717) is 26.3 Å². The number of rotatable bonds is 8. The molecule has 0 bridgehead atoms. The van der Waals surface area contributed by atoms with E-state index >= 15 is 0 Å². The summed E-state index contributed by atoms with van der Waals surface area (Å²) in [6.07, 6.45) is 1.55.